The van der Waals surface area contributed by atoms with Crippen molar-refractivity contribution in [3.05, 3.63) is 59.7 Å². The highest BCUT2D eigenvalue weighted by Crippen LogP contribution is 2.25. The normalized spacial score (nSPS) is 11.3. The van der Waals surface area contributed by atoms with Crippen LogP contribution in [-0.4, -0.2) is 17.2 Å². The summed E-state index contributed by atoms with van der Waals surface area (Å²) in [5.74, 6) is 0.817. The monoisotopic (exact) mass is 284 g/mol. The molecule has 0 spiro atoms. The zero-order chi connectivity index (χ0) is 15.5. The van der Waals surface area contributed by atoms with Gasteiger partial charge in [0.25, 0.3) is 0 Å². The van der Waals surface area contributed by atoms with E-state index in [4.69, 9.17) is 4.74 Å². The first kappa shape index (κ1) is 15.6. The average Bonchev–Trinajstić information content (AvgIpc) is 2.45. The Balaban J connectivity index is 2.08. The molecule has 0 unspecified atom stereocenters. The second-order valence-corrected chi connectivity index (χ2v) is 6.19. The summed E-state index contributed by atoms with van der Waals surface area (Å²) < 4.78 is 5.80. The van der Waals surface area contributed by atoms with Gasteiger partial charge in [0, 0.05) is 0 Å². The van der Waals surface area contributed by atoms with Gasteiger partial charge in [-0.1, -0.05) is 57.2 Å². The fourth-order valence-electron chi connectivity index (χ4n) is 2.06. The van der Waals surface area contributed by atoms with E-state index in [1.165, 1.54) is 5.56 Å². The number of rotatable bonds is 4. The number of benzene rings is 2. The van der Waals surface area contributed by atoms with Crippen LogP contribution in [0.3, 0.4) is 0 Å². The van der Waals surface area contributed by atoms with E-state index in [9.17, 15) is 10.0 Å². The van der Waals surface area contributed by atoms with Crippen molar-refractivity contribution < 1.29 is 14.8 Å². The van der Waals surface area contributed by atoms with Crippen molar-refractivity contribution in [1.29, 1.82) is 0 Å². The summed E-state index contributed by atoms with van der Waals surface area (Å²) in [6.07, 6.45) is 0. The van der Waals surface area contributed by atoms with Crippen LogP contribution in [0.2, 0.25) is 0 Å². The molecule has 4 heteroatoms. The minimum absolute atomic E-state index is 0.0836. The zero-order valence-electron chi connectivity index (χ0n) is 12.7. The highest BCUT2D eigenvalue weighted by Gasteiger charge is 2.14. The molecule has 110 valence electrons. The molecular weight excluding hydrogens is 263 g/mol. The summed E-state index contributed by atoms with van der Waals surface area (Å²) in [4.78, 5) is 0. The van der Waals surface area contributed by atoms with Crippen molar-refractivity contribution in [2.24, 2.45) is 0 Å². The Hall–Kier alpha value is -1.78. The van der Waals surface area contributed by atoms with Gasteiger partial charge in [0.2, 0.25) is 0 Å². The molecule has 0 heterocycles. The molecule has 0 radical (unpaired) electrons. The van der Waals surface area contributed by atoms with E-state index in [-0.39, 0.29) is 5.41 Å². The van der Waals surface area contributed by atoms with Gasteiger partial charge in [0.15, 0.2) is 0 Å². The van der Waals surface area contributed by atoms with Gasteiger partial charge in [-0.2, -0.15) is 0 Å². The first-order chi connectivity index (χ1) is 9.86. The lowest BCUT2D eigenvalue weighted by atomic mass is 9.80. The molecule has 0 aliphatic rings. The highest BCUT2D eigenvalue weighted by atomic mass is 16.5. The van der Waals surface area contributed by atoms with E-state index < -0.39 is 7.12 Å². The maximum atomic E-state index is 9.17. The molecule has 0 saturated carbocycles. The number of hydrogen-bond acceptors (Lipinski definition) is 3. The third-order valence-electron chi connectivity index (χ3n) is 3.35. The van der Waals surface area contributed by atoms with Gasteiger partial charge in [-0.15, -0.1) is 0 Å². The Kier molecular flexibility index (Phi) is 4.71. The Morgan fingerprint density at radius 3 is 2.38 bits per heavy atom. The van der Waals surface area contributed by atoms with Crippen LogP contribution in [0.1, 0.15) is 31.9 Å². The van der Waals surface area contributed by atoms with E-state index in [0.717, 1.165) is 11.3 Å². The summed E-state index contributed by atoms with van der Waals surface area (Å²) in [5, 5.41) is 18.3. The highest BCUT2D eigenvalue weighted by molar-refractivity contribution is 6.58. The lowest BCUT2D eigenvalue weighted by Crippen LogP contribution is -2.29. The van der Waals surface area contributed by atoms with Gasteiger partial charge in [-0.05, 0) is 34.1 Å². The van der Waals surface area contributed by atoms with Gasteiger partial charge in [0.05, 0.1) is 0 Å². The lowest BCUT2D eigenvalue weighted by Gasteiger charge is -2.19. The molecule has 0 amide bonds. The second-order valence-electron chi connectivity index (χ2n) is 6.19. The lowest BCUT2D eigenvalue weighted by molar-refractivity contribution is 0.305. The topological polar surface area (TPSA) is 49.7 Å². The van der Waals surface area contributed by atoms with E-state index in [0.29, 0.717) is 12.1 Å². The van der Waals surface area contributed by atoms with Crippen LogP contribution in [-0.2, 0) is 12.0 Å². The van der Waals surface area contributed by atoms with Crippen LogP contribution >= 0.6 is 0 Å². The van der Waals surface area contributed by atoms with Crippen LogP contribution < -0.4 is 10.2 Å². The fraction of sp³-hybridized carbons (Fsp3) is 0.294. The first-order valence-electron chi connectivity index (χ1n) is 7.04. The summed E-state index contributed by atoms with van der Waals surface area (Å²) in [6.45, 7) is 6.89. The molecule has 0 aromatic heterocycles. The maximum absolute atomic E-state index is 9.17. The molecule has 3 nitrogen and oxygen atoms in total. The van der Waals surface area contributed by atoms with E-state index >= 15 is 0 Å². The van der Waals surface area contributed by atoms with Gasteiger partial charge in [-0.25, -0.2) is 0 Å². The Bertz CT molecular complexity index is 603. The van der Waals surface area contributed by atoms with Crippen LogP contribution in [0.5, 0.6) is 5.75 Å². The largest absolute Gasteiger partial charge is 0.489 e. The first-order valence-corrected chi connectivity index (χ1v) is 7.04. The van der Waals surface area contributed by atoms with Crippen molar-refractivity contribution in [3.63, 3.8) is 0 Å². The average molecular weight is 284 g/mol. The Morgan fingerprint density at radius 1 is 1.00 bits per heavy atom. The van der Waals surface area contributed by atoms with Gasteiger partial charge < -0.3 is 14.8 Å². The molecule has 0 aliphatic carbocycles. The molecule has 0 atom stereocenters. The third-order valence-corrected chi connectivity index (χ3v) is 3.35. The molecule has 0 fully saturated rings. The van der Waals surface area contributed by atoms with Crippen LogP contribution in [0.25, 0.3) is 0 Å². The standard InChI is InChI=1S/C17H21BO3/c1-17(2,3)14-7-5-9-16(11-14)21-12-13-6-4-8-15(10-13)18(19)20/h4-11,19-20H,12H2,1-3H3. The quantitative estimate of drug-likeness (QED) is 0.847. The third kappa shape index (κ3) is 4.35. The summed E-state index contributed by atoms with van der Waals surface area (Å²) in [7, 11) is -1.45. The molecule has 0 saturated heterocycles. The Labute approximate surface area is 126 Å². The SMILES string of the molecule is CC(C)(C)c1cccc(OCc2cccc(B(O)O)c2)c1. The predicted octanol–water partition coefficient (Wildman–Crippen LogP) is 2.24. The van der Waals surface area contributed by atoms with Crippen molar-refractivity contribution in [1.82, 2.24) is 0 Å². The maximum Gasteiger partial charge on any atom is 0.488 e. The molecule has 21 heavy (non-hydrogen) atoms. The van der Waals surface area contributed by atoms with Gasteiger partial charge in [0.1, 0.15) is 12.4 Å². The van der Waals surface area contributed by atoms with Crippen LogP contribution in [0, 0.1) is 0 Å². The zero-order valence-corrected chi connectivity index (χ0v) is 12.7. The second kappa shape index (κ2) is 6.33. The molecular formula is C17H21BO3. The van der Waals surface area contributed by atoms with Crippen molar-refractivity contribution in [3.8, 4) is 5.75 Å². The molecule has 2 aromatic carbocycles. The van der Waals surface area contributed by atoms with Gasteiger partial charge >= 0.3 is 7.12 Å². The molecule has 2 rings (SSSR count). The Morgan fingerprint density at radius 2 is 1.71 bits per heavy atom. The van der Waals surface area contributed by atoms with E-state index in [1.807, 2.05) is 24.3 Å². The molecule has 0 bridgehead atoms. The summed E-state index contributed by atoms with van der Waals surface area (Å²) >= 11 is 0. The van der Waals surface area contributed by atoms with Crippen molar-refractivity contribution in [2.75, 3.05) is 0 Å². The van der Waals surface area contributed by atoms with Crippen molar-refractivity contribution >= 4 is 12.6 Å². The minimum Gasteiger partial charge on any atom is -0.489 e. The number of ether oxygens (including phenoxy) is 1. The summed E-state index contributed by atoms with van der Waals surface area (Å²) in [6, 6.07) is 15.2. The number of hydrogen-bond donors (Lipinski definition) is 2. The van der Waals surface area contributed by atoms with E-state index in [2.05, 4.69) is 26.8 Å². The minimum atomic E-state index is -1.45. The fourth-order valence-corrected chi connectivity index (χ4v) is 2.06. The molecule has 0 aliphatic heterocycles. The smallest absolute Gasteiger partial charge is 0.488 e. The van der Waals surface area contributed by atoms with Crippen molar-refractivity contribution in [2.45, 2.75) is 32.8 Å². The van der Waals surface area contributed by atoms with Crippen LogP contribution in [0.15, 0.2) is 48.5 Å². The van der Waals surface area contributed by atoms with Crippen LogP contribution in [0.4, 0.5) is 0 Å². The molecule has 2 aromatic rings. The van der Waals surface area contributed by atoms with E-state index in [1.54, 1.807) is 18.2 Å². The predicted molar refractivity (Wildman–Crippen MR) is 85.7 cm³/mol. The summed E-state index contributed by atoms with van der Waals surface area (Å²) in [5.41, 5.74) is 2.68. The molecule has 2 N–H and O–H groups in total. The van der Waals surface area contributed by atoms with Gasteiger partial charge in [-0.3, -0.25) is 0 Å².